The van der Waals surface area contributed by atoms with E-state index in [0.29, 0.717) is 30.5 Å². The van der Waals surface area contributed by atoms with E-state index in [9.17, 15) is 9.59 Å². The summed E-state index contributed by atoms with van der Waals surface area (Å²) in [7, 11) is 0. The zero-order chi connectivity index (χ0) is 20.5. The number of likely N-dealkylation sites (tertiary alicyclic amines) is 1. The minimum Gasteiger partial charge on any atom is -0.355 e. The van der Waals surface area contributed by atoms with Crippen molar-refractivity contribution in [1.82, 2.24) is 15.2 Å². The molecular weight excluding hydrogens is 388 g/mol. The second-order valence-corrected chi connectivity index (χ2v) is 7.80. The molecule has 0 bridgehead atoms. The summed E-state index contributed by atoms with van der Waals surface area (Å²) in [5.74, 6) is 0.297. The Balaban J connectivity index is 1.37. The number of benzene rings is 1. The van der Waals surface area contributed by atoms with Crippen LogP contribution in [0.4, 0.5) is 5.82 Å². The lowest BCUT2D eigenvalue weighted by atomic mass is 9.97. The molecule has 3 rings (SSSR count). The second kappa shape index (κ2) is 10.9. The van der Waals surface area contributed by atoms with Crippen LogP contribution in [0.25, 0.3) is 0 Å². The third kappa shape index (κ3) is 7.15. The van der Waals surface area contributed by atoms with Crippen molar-refractivity contribution >= 4 is 29.2 Å². The number of piperidine rings is 1. The van der Waals surface area contributed by atoms with Gasteiger partial charge in [0.2, 0.25) is 11.8 Å². The van der Waals surface area contributed by atoms with Crippen molar-refractivity contribution in [3.05, 3.63) is 59.2 Å². The van der Waals surface area contributed by atoms with Gasteiger partial charge in [-0.25, -0.2) is 4.98 Å². The van der Waals surface area contributed by atoms with E-state index in [1.807, 2.05) is 18.2 Å². The Kier molecular flexibility index (Phi) is 8.02. The number of pyridine rings is 1. The maximum Gasteiger partial charge on any atom is 0.234 e. The van der Waals surface area contributed by atoms with Crippen molar-refractivity contribution < 1.29 is 9.59 Å². The van der Waals surface area contributed by atoms with E-state index in [4.69, 9.17) is 11.6 Å². The summed E-state index contributed by atoms with van der Waals surface area (Å²) in [6.07, 6.45) is 5.08. The first kappa shape index (κ1) is 21.3. The van der Waals surface area contributed by atoms with Crippen molar-refractivity contribution in [1.29, 1.82) is 0 Å². The number of nitrogens with one attached hydrogen (secondary N) is 2. The molecule has 1 fully saturated rings. The lowest BCUT2D eigenvalue weighted by Crippen LogP contribution is -2.45. The quantitative estimate of drug-likeness (QED) is 0.651. The highest BCUT2D eigenvalue weighted by Gasteiger charge is 2.27. The Morgan fingerprint density at radius 2 is 2.00 bits per heavy atom. The Bertz CT molecular complexity index is 798. The number of nitrogens with zero attached hydrogens (tertiary/aromatic N) is 2. The Labute approximate surface area is 176 Å². The van der Waals surface area contributed by atoms with Gasteiger partial charge in [-0.05, 0) is 49.9 Å². The molecule has 1 atom stereocenters. The molecule has 0 aliphatic carbocycles. The number of hydrogen-bond donors (Lipinski definition) is 2. The van der Waals surface area contributed by atoms with Crippen molar-refractivity contribution in [2.24, 2.45) is 5.92 Å². The number of halogens is 1. The molecule has 0 saturated carbocycles. The van der Waals surface area contributed by atoms with E-state index in [2.05, 4.69) is 32.7 Å². The van der Waals surface area contributed by atoms with Crippen LogP contribution in [0.5, 0.6) is 0 Å². The summed E-state index contributed by atoms with van der Waals surface area (Å²) >= 11 is 5.82. The normalized spacial score (nSPS) is 16.9. The van der Waals surface area contributed by atoms with Crippen LogP contribution >= 0.6 is 11.6 Å². The average Bonchev–Trinajstić information content (AvgIpc) is 2.74. The largest absolute Gasteiger partial charge is 0.355 e. The molecule has 7 heteroatoms. The maximum absolute atomic E-state index is 12.5. The van der Waals surface area contributed by atoms with E-state index in [1.165, 1.54) is 11.8 Å². The number of anilines is 1. The Hall–Kier alpha value is -2.44. The smallest absolute Gasteiger partial charge is 0.234 e. The molecule has 1 unspecified atom stereocenters. The molecule has 29 heavy (non-hydrogen) atoms. The zero-order valence-electron chi connectivity index (χ0n) is 16.4. The molecule has 2 aromatic rings. The van der Waals surface area contributed by atoms with Crippen LogP contribution in [0, 0.1) is 5.92 Å². The van der Waals surface area contributed by atoms with E-state index in [1.54, 1.807) is 12.1 Å². The van der Waals surface area contributed by atoms with Crippen LogP contribution in [-0.4, -0.2) is 47.9 Å². The summed E-state index contributed by atoms with van der Waals surface area (Å²) in [6, 6.07) is 13.6. The fraction of sp³-hybridized carbons (Fsp3) is 0.409. The third-order valence-corrected chi connectivity index (χ3v) is 5.25. The van der Waals surface area contributed by atoms with Crippen LogP contribution < -0.4 is 10.6 Å². The highest BCUT2D eigenvalue weighted by Crippen LogP contribution is 2.18. The first-order valence-corrected chi connectivity index (χ1v) is 10.4. The SMILES string of the molecule is O=C(CN1CCCC(C(=O)Nc2ccc(Cl)cn2)C1)NCCCc1ccccc1. The van der Waals surface area contributed by atoms with Gasteiger partial charge in [-0.3, -0.25) is 14.5 Å². The molecule has 2 amide bonds. The molecule has 1 saturated heterocycles. The van der Waals surface area contributed by atoms with Crippen molar-refractivity contribution in [2.75, 3.05) is 31.5 Å². The van der Waals surface area contributed by atoms with Gasteiger partial charge in [-0.1, -0.05) is 41.9 Å². The van der Waals surface area contributed by atoms with E-state index >= 15 is 0 Å². The first-order valence-electron chi connectivity index (χ1n) is 10.1. The molecular formula is C22H27ClN4O2. The van der Waals surface area contributed by atoms with Crippen LogP contribution in [-0.2, 0) is 16.0 Å². The maximum atomic E-state index is 12.5. The van der Waals surface area contributed by atoms with Gasteiger partial charge in [0.25, 0.3) is 0 Å². The molecule has 1 aromatic carbocycles. The van der Waals surface area contributed by atoms with Crippen LogP contribution in [0.3, 0.4) is 0 Å². The van der Waals surface area contributed by atoms with Gasteiger partial charge in [0.15, 0.2) is 0 Å². The highest BCUT2D eigenvalue weighted by molar-refractivity contribution is 6.30. The fourth-order valence-corrected chi connectivity index (χ4v) is 3.63. The molecule has 0 spiro atoms. The monoisotopic (exact) mass is 414 g/mol. The minimum atomic E-state index is -0.146. The van der Waals surface area contributed by atoms with E-state index in [-0.39, 0.29) is 17.7 Å². The summed E-state index contributed by atoms with van der Waals surface area (Å²) in [5, 5.41) is 6.35. The van der Waals surface area contributed by atoms with Gasteiger partial charge in [0, 0.05) is 19.3 Å². The molecule has 0 radical (unpaired) electrons. The van der Waals surface area contributed by atoms with Crippen LogP contribution in [0.15, 0.2) is 48.7 Å². The van der Waals surface area contributed by atoms with Gasteiger partial charge in [-0.15, -0.1) is 0 Å². The topological polar surface area (TPSA) is 74.3 Å². The lowest BCUT2D eigenvalue weighted by molar-refractivity contribution is -0.125. The molecule has 1 aromatic heterocycles. The Morgan fingerprint density at radius 1 is 1.17 bits per heavy atom. The van der Waals surface area contributed by atoms with E-state index < -0.39 is 0 Å². The van der Waals surface area contributed by atoms with Gasteiger partial charge < -0.3 is 10.6 Å². The van der Waals surface area contributed by atoms with Gasteiger partial charge in [-0.2, -0.15) is 0 Å². The standard InChI is InChI=1S/C22H27ClN4O2/c23-19-10-11-20(25-14-19)26-22(29)18-9-5-13-27(15-18)16-21(28)24-12-4-8-17-6-2-1-3-7-17/h1-3,6-7,10-11,14,18H,4-5,8-9,12-13,15-16H2,(H,24,28)(H,25,26,29). The predicted molar refractivity (Wildman–Crippen MR) is 115 cm³/mol. The summed E-state index contributed by atoms with van der Waals surface area (Å²) in [5.41, 5.74) is 1.28. The Morgan fingerprint density at radius 3 is 2.76 bits per heavy atom. The molecule has 2 heterocycles. The summed E-state index contributed by atoms with van der Waals surface area (Å²) < 4.78 is 0. The van der Waals surface area contributed by atoms with Crippen LogP contribution in [0.1, 0.15) is 24.8 Å². The van der Waals surface area contributed by atoms with Crippen molar-refractivity contribution in [3.8, 4) is 0 Å². The summed E-state index contributed by atoms with van der Waals surface area (Å²) in [4.78, 5) is 30.9. The predicted octanol–water partition coefficient (Wildman–Crippen LogP) is 3.13. The number of amides is 2. The highest BCUT2D eigenvalue weighted by atomic mass is 35.5. The molecule has 154 valence electrons. The molecule has 1 aliphatic rings. The number of carbonyl (C=O) groups is 2. The van der Waals surface area contributed by atoms with Crippen LogP contribution in [0.2, 0.25) is 5.02 Å². The number of carbonyl (C=O) groups excluding carboxylic acids is 2. The number of rotatable bonds is 8. The van der Waals surface area contributed by atoms with Gasteiger partial charge >= 0.3 is 0 Å². The minimum absolute atomic E-state index is 0.0125. The lowest BCUT2D eigenvalue weighted by Gasteiger charge is -2.31. The van der Waals surface area contributed by atoms with Gasteiger partial charge in [0.1, 0.15) is 5.82 Å². The number of aryl methyl sites for hydroxylation is 1. The number of aromatic nitrogens is 1. The first-order chi connectivity index (χ1) is 14.1. The molecule has 6 nitrogen and oxygen atoms in total. The summed E-state index contributed by atoms with van der Waals surface area (Å²) in [6.45, 7) is 2.40. The van der Waals surface area contributed by atoms with Gasteiger partial charge in [0.05, 0.1) is 17.5 Å². The number of hydrogen-bond acceptors (Lipinski definition) is 4. The zero-order valence-corrected chi connectivity index (χ0v) is 17.2. The second-order valence-electron chi connectivity index (χ2n) is 7.36. The van der Waals surface area contributed by atoms with E-state index in [0.717, 1.165) is 32.2 Å². The van der Waals surface area contributed by atoms with Crippen molar-refractivity contribution in [3.63, 3.8) is 0 Å². The molecule has 1 aliphatic heterocycles. The average molecular weight is 415 g/mol. The van der Waals surface area contributed by atoms with Crippen molar-refractivity contribution in [2.45, 2.75) is 25.7 Å². The fourth-order valence-electron chi connectivity index (χ4n) is 3.52. The molecule has 2 N–H and O–H groups in total. The third-order valence-electron chi connectivity index (χ3n) is 5.03.